The first-order valence-corrected chi connectivity index (χ1v) is 9.74. The molecule has 162 valence electrons. The van der Waals surface area contributed by atoms with E-state index in [-0.39, 0.29) is 46.9 Å². The van der Waals surface area contributed by atoms with Crippen LogP contribution in [0.2, 0.25) is 5.15 Å². The fraction of sp³-hybridized carbons (Fsp3) is 0.368. The maximum atomic E-state index is 12.4. The van der Waals surface area contributed by atoms with Crippen LogP contribution in [0.5, 0.6) is 0 Å². The Morgan fingerprint density at radius 2 is 1.97 bits per heavy atom. The number of amides is 1. The van der Waals surface area contributed by atoms with Gasteiger partial charge in [0.2, 0.25) is 0 Å². The molecule has 3 rings (SSSR count). The number of anilines is 2. The highest BCUT2D eigenvalue weighted by molar-refractivity contribution is 6.31. The Morgan fingerprint density at radius 1 is 1.27 bits per heavy atom. The highest BCUT2D eigenvalue weighted by Crippen LogP contribution is 2.22. The first-order valence-electron chi connectivity index (χ1n) is 9.36. The standard InChI is InChI=1S/C19H25ClN8O.ClH/c1-28(10-12-6-3-2-4-7-12)9-5-8-13(11-28)24-19(23)27-18(29)14-16(21)26-17(22)15(20)25-14;/h2-4,6-7,13H,5,8-11H2,1H3,(H6-,21,22,23,24,26,27,29);1H/t13?,28-;/m0./s1. The number of carbonyl (C=O) groups excluding carboxylic acids is 1. The molecule has 1 aromatic heterocycles. The number of nitrogen functional groups attached to an aromatic ring is 2. The molecule has 1 unspecified atom stereocenters. The maximum Gasteiger partial charge on any atom is 0.280 e. The van der Waals surface area contributed by atoms with E-state index < -0.39 is 5.91 Å². The van der Waals surface area contributed by atoms with E-state index in [1.165, 1.54) is 5.56 Å². The highest BCUT2D eigenvalue weighted by Gasteiger charge is 2.31. The van der Waals surface area contributed by atoms with Crippen LogP contribution >= 0.6 is 11.6 Å². The van der Waals surface area contributed by atoms with Crippen molar-refractivity contribution in [3.05, 3.63) is 46.7 Å². The summed E-state index contributed by atoms with van der Waals surface area (Å²) in [7, 11) is 2.22. The van der Waals surface area contributed by atoms with E-state index in [0.29, 0.717) is 0 Å². The lowest BCUT2D eigenvalue weighted by atomic mass is 10.0. The van der Waals surface area contributed by atoms with Crippen LogP contribution in [0.3, 0.4) is 0 Å². The number of carbonyl (C=O) groups is 1. The molecule has 7 N–H and O–H groups in total. The summed E-state index contributed by atoms with van der Waals surface area (Å²) in [6, 6.07) is 10.4. The molecule has 1 aliphatic rings. The topological polar surface area (TPSA) is 145 Å². The molecule has 1 fully saturated rings. The number of quaternary nitrogens is 1. The molecule has 2 heterocycles. The number of likely N-dealkylation sites (N-methyl/N-ethyl adjacent to an activating group) is 1. The van der Waals surface area contributed by atoms with Gasteiger partial charge in [0.25, 0.3) is 5.91 Å². The number of piperidine rings is 1. The number of nitrogens with two attached hydrogens (primary N) is 3. The van der Waals surface area contributed by atoms with Gasteiger partial charge in [0, 0.05) is 5.56 Å². The zero-order valence-corrected chi connectivity index (χ0v) is 18.2. The van der Waals surface area contributed by atoms with E-state index in [1.54, 1.807) is 0 Å². The third kappa shape index (κ3) is 5.94. The van der Waals surface area contributed by atoms with Gasteiger partial charge < -0.3 is 34.1 Å². The van der Waals surface area contributed by atoms with Gasteiger partial charge in [0.1, 0.15) is 19.1 Å². The molecule has 1 amide bonds. The number of aromatic nitrogens is 2. The number of likely N-dealkylation sites (tertiary alicyclic amines) is 1. The van der Waals surface area contributed by atoms with Gasteiger partial charge in [-0.3, -0.25) is 10.1 Å². The van der Waals surface area contributed by atoms with Gasteiger partial charge in [-0.25, -0.2) is 15.0 Å². The number of nitrogens with one attached hydrogen (secondary N) is 1. The smallest absolute Gasteiger partial charge is 0.280 e. The van der Waals surface area contributed by atoms with Crippen molar-refractivity contribution in [2.75, 3.05) is 31.6 Å². The summed E-state index contributed by atoms with van der Waals surface area (Å²) in [4.78, 5) is 24.6. The predicted molar refractivity (Wildman–Crippen MR) is 114 cm³/mol. The molecule has 0 aliphatic carbocycles. The lowest BCUT2D eigenvalue weighted by molar-refractivity contribution is -0.927. The van der Waals surface area contributed by atoms with E-state index in [9.17, 15) is 4.79 Å². The first-order chi connectivity index (χ1) is 13.8. The monoisotopic (exact) mass is 452 g/mol. The van der Waals surface area contributed by atoms with Crippen LogP contribution in [-0.4, -0.2) is 52.5 Å². The molecule has 11 heteroatoms. The second-order valence-electron chi connectivity index (χ2n) is 7.57. The van der Waals surface area contributed by atoms with Gasteiger partial charge in [-0.1, -0.05) is 41.9 Å². The Kier molecular flexibility index (Phi) is 7.83. The number of hydrogen-bond acceptors (Lipinski definition) is 6. The Balaban J connectivity index is 0.00000320. The number of rotatable bonds is 4. The summed E-state index contributed by atoms with van der Waals surface area (Å²) in [5, 5.41) is 2.41. The molecule has 9 nitrogen and oxygen atoms in total. The molecule has 0 spiro atoms. The van der Waals surface area contributed by atoms with Gasteiger partial charge >= 0.3 is 0 Å². The van der Waals surface area contributed by atoms with Crippen LogP contribution in [-0.2, 0) is 6.54 Å². The summed E-state index contributed by atoms with van der Waals surface area (Å²) in [5.41, 5.74) is 18.3. The molecule has 0 saturated carbocycles. The number of guanidine groups is 1. The minimum Gasteiger partial charge on any atom is -1.00 e. The largest absolute Gasteiger partial charge is 1.00 e. The van der Waals surface area contributed by atoms with Crippen LogP contribution in [0, 0.1) is 0 Å². The average Bonchev–Trinajstić information content (AvgIpc) is 2.65. The van der Waals surface area contributed by atoms with Crippen LogP contribution < -0.4 is 34.9 Å². The third-order valence-electron chi connectivity index (χ3n) is 4.98. The molecular formula is C19H26Cl2N8O. The van der Waals surface area contributed by atoms with Crippen LogP contribution in [0.1, 0.15) is 28.9 Å². The SMILES string of the molecule is C[N@@+]1(Cc2ccccc2)CCCC(N=C(N)NC(=O)c2nc(Cl)c(N)nc2N)C1.[Cl-]. The van der Waals surface area contributed by atoms with E-state index in [2.05, 4.69) is 39.5 Å². The number of benzene rings is 1. The summed E-state index contributed by atoms with van der Waals surface area (Å²) in [5.74, 6) is -0.778. The summed E-state index contributed by atoms with van der Waals surface area (Å²) in [6.45, 7) is 2.83. The zero-order valence-electron chi connectivity index (χ0n) is 16.7. The lowest BCUT2D eigenvalue weighted by Gasteiger charge is -2.40. The number of halogens is 2. The second kappa shape index (κ2) is 9.92. The summed E-state index contributed by atoms with van der Waals surface area (Å²) in [6.07, 6.45) is 1.94. The fourth-order valence-electron chi connectivity index (χ4n) is 3.69. The van der Waals surface area contributed by atoms with Crippen LogP contribution in [0.15, 0.2) is 35.3 Å². The van der Waals surface area contributed by atoms with Crippen molar-refractivity contribution in [3.8, 4) is 0 Å². The molecule has 30 heavy (non-hydrogen) atoms. The van der Waals surface area contributed by atoms with Crippen molar-refractivity contribution in [2.24, 2.45) is 10.7 Å². The van der Waals surface area contributed by atoms with Crippen molar-refractivity contribution >= 4 is 35.1 Å². The Labute approximate surface area is 186 Å². The minimum absolute atomic E-state index is 0. The summed E-state index contributed by atoms with van der Waals surface area (Å²) < 4.78 is 0.866. The lowest BCUT2D eigenvalue weighted by Crippen LogP contribution is -3.00. The minimum atomic E-state index is -0.629. The predicted octanol–water partition coefficient (Wildman–Crippen LogP) is -1.85. The summed E-state index contributed by atoms with van der Waals surface area (Å²) >= 11 is 5.82. The van der Waals surface area contributed by atoms with E-state index >= 15 is 0 Å². The Hall–Kier alpha value is -2.62. The van der Waals surface area contributed by atoms with Crippen molar-refractivity contribution in [1.82, 2.24) is 15.3 Å². The number of aliphatic imine (C=N–C) groups is 1. The first kappa shape index (κ1) is 23.7. The van der Waals surface area contributed by atoms with Crippen molar-refractivity contribution < 1.29 is 21.7 Å². The molecule has 0 bridgehead atoms. The highest BCUT2D eigenvalue weighted by atomic mass is 35.5. The molecule has 2 atom stereocenters. The van der Waals surface area contributed by atoms with E-state index in [0.717, 1.165) is 37.0 Å². The Bertz CT molecular complexity index is 924. The Morgan fingerprint density at radius 3 is 2.67 bits per heavy atom. The normalized spacial score (nSPS) is 21.5. The van der Waals surface area contributed by atoms with Gasteiger partial charge in [-0.15, -0.1) is 0 Å². The molecule has 1 saturated heterocycles. The van der Waals surface area contributed by atoms with Crippen molar-refractivity contribution in [3.63, 3.8) is 0 Å². The maximum absolute atomic E-state index is 12.4. The van der Waals surface area contributed by atoms with Gasteiger partial charge in [0.15, 0.2) is 28.4 Å². The van der Waals surface area contributed by atoms with Crippen molar-refractivity contribution in [2.45, 2.75) is 25.4 Å². The molecule has 0 radical (unpaired) electrons. The van der Waals surface area contributed by atoms with Crippen LogP contribution in [0.4, 0.5) is 11.6 Å². The average molecular weight is 453 g/mol. The number of hydrogen-bond donors (Lipinski definition) is 4. The second-order valence-corrected chi connectivity index (χ2v) is 7.93. The number of nitrogens with zero attached hydrogens (tertiary/aromatic N) is 4. The van der Waals surface area contributed by atoms with Crippen LogP contribution in [0.25, 0.3) is 0 Å². The van der Waals surface area contributed by atoms with Crippen molar-refractivity contribution in [1.29, 1.82) is 0 Å². The molecule has 1 aromatic carbocycles. The van der Waals surface area contributed by atoms with Gasteiger partial charge in [-0.2, -0.15) is 0 Å². The quantitative estimate of drug-likeness (QED) is 0.243. The third-order valence-corrected chi connectivity index (χ3v) is 5.26. The molecular weight excluding hydrogens is 427 g/mol. The molecule has 1 aliphatic heterocycles. The van der Waals surface area contributed by atoms with E-state index in [4.69, 9.17) is 28.8 Å². The van der Waals surface area contributed by atoms with E-state index in [1.807, 2.05) is 18.2 Å². The fourth-order valence-corrected chi connectivity index (χ4v) is 3.81. The van der Waals surface area contributed by atoms with Gasteiger partial charge in [-0.05, 0) is 12.8 Å². The zero-order chi connectivity index (χ0) is 21.0. The van der Waals surface area contributed by atoms with Gasteiger partial charge in [0.05, 0.1) is 13.6 Å². The molecule has 2 aromatic rings.